The second-order valence-electron chi connectivity index (χ2n) is 10.6. The minimum absolute atomic E-state index is 0.0900. The smallest absolute Gasteiger partial charge is 0.228 e. The lowest BCUT2D eigenvalue weighted by Gasteiger charge is -2.44. The molecule has 2 aromatic rings. The van der Waals surface area contributed by atoms with Crippen LogP contribution in [0.3, 0.4) is 0 Å². The molecule has 2 aliphatic rings. The van der Waals surface area contributed by atoms with Gasteiger partial charge in [0.25, 0.3) is 0 Å². The molecule has 1 atom stereocenters. The fourth-order valence-electron chi connectivity index (χ4n) is 5.54. The Morgan fingerprint density at radius 1 is 1.11 bits per heavy atom. The van der Waals surface area contributed by atoms with E-state index in [1.807, 2.05) is 66.2 Å². The van der Waals surface area contributed by atoms with Gasteiger partial charge in [-0.15, -0.1) is 0 Å². The molecule has 2 aliphatic heterocycles. The molecule has 9 heteroatoms. The summed E-state index contributed by atoms with van der Waals surface area (Å²) in [4.78, 5) is 37.9. The number of carbonyl (C=O) groups excluding carboxylic acids is 2. The Labute approximate surface area is 230 Å². The average Bonchev–Trinajstić information content (AvgIpc) is 2.90. The van der Waals surface area contributed by atoms with Gasteiger partial charge in [0, 0.05) is 65.6 Å². The van der Waals surface area contributed by atoms with E-state index >= 15 is 0 Å². The van der Waals surface area contributed by atoms with Gasteiger partial charge in [0.1, 0.15) is 11.6 Å². The van der Waals surface area contributed by atoms with Gasteiger partial charge in [-0.25, -0.2) is 4.98 Å². The van der Waals surface area contributed by atoms with Gasteiger partial charge in [-0.2, -0.15) is 0 Å². The van der Waals surface area contributed by atoms with Crippen LogP contribution in [0.1, 0.15) is 44.6 Å². The fraction of sp³-hybridized carbons (Fsp3) is 0.536. The molecule has 1 aromatic heterocycles. The number of pyridine rings is 1. The van der Waals surface area contributed by atoms with Gasteiger partial charge >= 0.3 is 0 Å². The summed E-state index contributed by atoms with van der Waals surface area (Å²) in [7, 11) is 5.79. The molecular weight excluding hydrogens is 509 g/mol. The van der Waals surface area contributed by atoms with Crippen molar-refractivity contribution < 1.29 is 9.59 Å². The van der Waals surface area contributed by atoms with Crippen LogP contribution in [0.15, 0.2) is 36.4 Å². The van der Waals surface area contributed by atoms with Crippen LogP contribution in [-0.2, 0) is 15.0 Å². The van der Waals surface area contributed by atoms with Crippen LogP contribution in [0.25, 0.3) is 0 Å². The summed E-state index contributed by atoms with van der Waals surface area (Å²) in [6.07, 6.45) is 4.02. The van der Waals surface area contributed by atoms with E-state index in [0.717, 1.165) is 56.7 Å². The van der Waals surface area contributed by atoms with Gasteiger partial charge < -0.3 is 14.7 Å². The largest absolute Gasteiger partial charge is 0.363 e. The van der Waals surface area contributed by atoms with Crippen LogP contribution < -0.4 is 9.80 Å². The molecule has 1 unspecified atom stereocenters. The molecule has 1 aromatic carbocycles. The van der Waals surface area contributed by atoms with Crippen LogP contribution in [0.4, 0.5) is 11.6 Å². The number of amides is 2. The van der Waals surface area contributed by atoms with E-state index in [1.165, 1.54) is 0 Å². The Morgan fingerprint density at radius 2 is 1.84 bits per heavy atom. The third kappa shape index (κ3) is 6.21. The normalized spacial score (nSPS) is 21.2. The Morgan fingerprint density at radius 3 is 2.49 bits per heavy atom. The van der Waals surface area contributed by atoms with Crippen molar-refractivity contribution in [2.24, 2.45) is 0 Å². The van der Waals surface area contributed by atoms with Crippen molar-refractivity contribution in [2.45, 2.75) is 50.5 Å². The van der Waals surface area contributed by atoms with Crippen LogP contribution in [0, 0.1) is 0 Å². The minimum Gasteiger partial charge on any atom is -0.363 e. The molecule has 0 spiro atoms. The molecule has 200 valence electrons. The Kier molecular flexibility index (Phi) is 8.66. The van der Waals surface area contributed by atoms with E-state index in [9.17, 15) is 9.59 Å². The maximum atomic E-state index is 13.2. The number of piperidine rings is 2. The van der Waals surface area contributed by atoms with Gasteiger partial charge in [-0.05, 0) is 62.1 Å². The number of nitrogens with zero attached hydrogens (tertiary/aromatic N) is 5. The predicted octanol–water partition coefficient (Wildman–Crippen LogP) is 4.85. The highest BCUT2D eigenvalue weighted by atomic mass is 35.5. The molecule has 2 fully saturated rings. The van der Waals surface area contributed by atoms with Gasteiger partial charge in [-0.3, -0.25) is 14.5 Å². The van der Waals surface area contributed by atoms with E-state index in [1.54, 1.807) is 6.92 Å². The number of benzene rings is 1. The first kappa shape index (κ1) is 27.7. The summed E-state index contributed by atoms with van der Waals surface area (Å²) in [5.74, 6) is 1.70. The first-order chi connectivity index (χ1) is 17.6. The quantitative estimate of drug-likeness (QED) is 0.497. The topological polar surface area (TPSA) is 60.0 Å². The minimum atomic E-state index is -0.273. The fourth-order valence-corrected chi connectivity index (χ4v) is 5.84. The lowest BCUT2D eigenvalue weighted by Crippen LogP contribution is -2.51. The first-order valence-corrected chi connectivity index (χ1v) is 13.7. The van der Waals surface area contributed by atoms with Crippen LogP contribution >= 0.6 is 23.2 Å². The lowest BCUT2D eigenvalue weighted by molar-refractivity contribution is -0.130. The highest BCUT2D eigenvalue weighted by Crippen LogP contribution is 2.41. The van der Waals surface area contributed by atoms with Crippen molar-refractivity contribution in [3.05, 3.63) is 52.0 Å². The summed E-state index contributed by atoms with van der Waals surface area (Å²) in [6, 6.07) is 12.0. The zero-order valence-electron chi connectivity index (χ0n) is 22.2. The molecular formula is C28H37Cl2N5O2. The number of aromatic nitrogens is 1. The van der Waals surface area contributed by atoms with E-state index in [-0.39, 0.29) is 17.2 Å². The van der Waals surface area contributed by atoms with Crippen LogP contribution in [-0.4, -0.2) is 80.0 Å². The van der Waals surface area contributed by atoms with Gasteiger partial charge in [-0.1, -0.05) is 35.3 Å². The summed E-state index contributed by atoms with van der Waals surface area (Å²) in [5.41, 5.74) is 0.833. The molecule has 2 amide bonds. The maximum absolute atomic E-state index is 13.2. The molecule has 0 bridgehead atoms. The van der Waals surface area contributed by atoms with Crippen molar-refractivity contribution in [2.75, 3.05) is 57.1 Å². The van der Waals surface area contributed by atoms with Crippen molar-refractivity contribution in [1.29, 1.82) is 0 Å². The molecule has 2 saturated heterocycles. The highest BCUT2D eigenvalue weighted by molar-refractivity contribution is 6.42. The molecule has 0 N–H and O–H groups in total. The zero-order valence-corrected chi connectivity index (χ0v) is 23.7. The van der Waals surface area contributed by atoms with E-state index in [0.29, 0.717) is 34.9 Å². The van der Waals surface area contributed by atoms with Crippen molar-refractivity contribution in [3.63, 3.8) is 0 Å². The predicted molar refractivity (Wildman–Crippen MR) is 151 cm³/mol. The van der Waals surface area contributed by atoms with Crippen molar-refractivity contribution in [3.8, 4) is 0 Å². The first-order valence-electron chi connectivity index (χ1n) is 13.0. The molecule has 37 heavy (non-hydrogen) atoms. The number of rotatable bonds is 7. The second kappa shape index (κ2) is 11.6. The summed E-state index contributed by atoms with van der Waals surface area (Å²) >= 11 is 12.8. The highest BCUT2D eigenvalue weighted by Gasteiger charge is 2.41. The zero-order chi connectivity index (χ0) is 26.7. The maximum Gasteiger partial charge on any atom is 0.228 e. The number of likely N-dealkylation sites (tertiary alicyclic amines) is 1. The Hall–Kier alpha value is -2.35. The molecule has 0 aliphatic carbocycles. The average molecular weight is 547 g/mol. The summed E-state index contributed by atoms with van der Waals surface area (Å²) < 4.78 is 0. The third-order valence-corrected chi connectivity index (χ3v) is 8.81. The number of halogens is 2. The van der Waals surface area contributed by atoms with Gasteiger partial charge in [0.2, 0.25) is 11.8 Å². The monoisotopic (exact) mass is 545 g/mol. The van der Waals surface area contributed by atoms with E-state index in [4.69, 9.17) is 28.2 Å². The Bertz CT molecular complexity index is 1140. The summed E-state index contributed by atoms with van der Waals surface area (Å²) in [5, 5.41) is 1.06. The van der Waals surface area contributed by atoms with Gasteiger partial charge in [0.05, 0.1) is 10.0 Å². The molecule has 3 heterocycles. The van der Waals surface area contributed by atoms with Crippen molar-refractivity contribution >= 4 is 46.7 Å². The van der Waals surface area contributed by atoms with E-state index in [2.05, 4.69) is 11.0 Å². The number of carbonyl (C=O) groups is 2. The molecule has 7 nitrogen and oxygen atoms in total. The van der Waals surface area contributed by atoms with Crippen LogP contribution in [0.5, 0.6) is 0 Å². The van der Waals surface area contributed by atoms with Crippen molar-refractivity contribution in [1.82, 2.24) is 14.8 Å². The van der Waals surface area contributed by atoms with E-state index < -0.39 is 0 Å². The van der Waals surface area contributed by atoms with Gasteiger partial charge in [0.15, 0.2) is 0 Å². The summed E-state index contributed by atoms with van der Waals surface area (Å²) in [6.45, 7) is 4.98. The third-order valence-electron chi connectivity index (χ3n) is 8.07. The number of anilines is 2. The molecule has 0 radical (unpaired) electrons. The lowest BCUT2D eigenvalue weighted by atomic mass is 9.71. The second-order valence-corrected chi connectivity index (χ2v) is 11.4. The molecule has 4 rings (SSSR count). The number of hydrogen-bond donors (Lipinski definition) is 0. The number of hydrogen-bond acceptors (Lipinski definition) is 5. The van der Waals surface area contributed by atoms with Crippen LogP contribution in [0.2, 0.25) is 10.0 Å². The Balaban J connectivity index is 1.57. The SMILES string of the molecule is CC(=O)N(C)C1CCN(CCC2(c3ccc(Cl)c(Cl)c3)CCC(=O)N(c3cccc(N(C)C)n3)C2)CC1. The standard InChI is InChI=1S/C28H37Cl2N5O2/c1-20(36)33(4)22-11-15-34(16-12-22)17-14-28(21-8-9-23(29)24(30)18-21)13-10-27(37)35(19-28)26-7-5-6-25(31-26)32(2)3/h5-9,18,22H,10-17,19H2,1-4H3. The molecule has 0 saturated carbocycles.